The molecule has 0 saturated heterocycles. The molecule has 1 aliphatic heterocycles. The molecule has 1 aromatic heterocycles. The van der Waals surface area contributed by atoms with Gasteiger partial charge in [-0.1, -0.05) is 11.6 Å². The van der Waals surface area contributed by atoms with Gasteiger partial charge in [-0.2, -0.15) is 0 Å². The second-order valence-electron chi connectivity index (χ2n) is 3.08. The van der Waals surface area contributed by atoms with Crippen molar-refractivity contribution in [2.24, 2.45) is 0 Å². The van der Waals surface area contributed by atoms with Gasteiger partial charge in [0.25, 0.3) is 11.8 Å². The van der Waals surface area contributed by atoms with Crippen LogP contribution in [0.2, 0.25) is 5.15 Å². The highest BCUT2D eigenvalue weighted by molar-refractivity contribution is 6.29. The highest BCUT2D eigenvalue weighted by Gasteiger charge is 2.23. The number of amides is 2. The summed E-state index contributed by atoms with van der Waals surface area (Å²) >= 11 is 5.69. The van der Waals surface area contributed by atoms with Crippen LogP contribution >= 0.6 is 11.6 Å². The fourth-order valence-corrected chi connectivity index (χ4v) is 1.51. The van der Waals surface area contributed by atoms with Gasteiger partial charge in [0.15, 0.2) is 0 Å². The summed E-state index contributed by atoms with van der Waals surface area (Å²) < 4.78 is 0. The maximum absolute atomic E-state index is 11.2. The molecule has 0 aliphatic carbocycles. The van der Waals surface area contributed by atoms with Gasteiger partial charge in [0.05, 0.1) is 6.54 Å². The minimum Gasteiger partial charge on any atom is -0.271 e. The molecule has 0 bridgehead atoms. The third kappa shape index (κ3) is 2.05. The van der Waals surface area contributed by atoms with Gasteiger partial charge in [-0.25, -0.2) is 4.98 Å². The van der Waals surface area contributed by atoms with Crippen molar-refractivity contribution in [3.8, 4) is 0 Å². The number of nitrogens with zero attached hydrogens (tertiary/aromatic N) is 2. The van der Waals surface area contributed by atoms with Crippen molar-refractivity contribution >= 4 is 23.4 Å². The molecule has 5 heteroatoms. The number of rotatable bonds is 2. The van der Waals surface area contributed by atoms with Crippen LogP contribution in [-0.4, -0.2) is 21.7 Å². The molecule has 1 aromatic rings. The van der Waals surface area contributed by atoms with Crippen molar-refractivity contribution in [2.45, 2.75) is 6.54 Å². The molecule has 2 amide bonds. The first-order valence-corrected chi connectivity index (χ1v) is 4.68. The molecule has 0 fully saturated rings. The van der Waals surface area contributed by atoms with E-state index in [2.05, 4.69) is 4.98 Å². The zero-order valence-corrected chi connectivity index (χ0v) is 8.44. The number of aromatic nitrogens is 1. The molecule has 0 atom stereocenters. The second-order valence-corrected chi connectivity index (χ2v) is 3.47. The van der Waals surface area contributed by atoms with Crippen molar-refractivity contribution in [3.63, 3.8) is 0 Å². The van der Waals surface area contributed by atoms with Crippen LogP contribution in [0.1, 0.15) is 5.56 Å². The van der Waals surface area contributed by atoms with Crippen molar-refractivity contribution in [2.75, 3.05) is 0 Å². The first kappa shape index (κ1) is 9.86. The first-order valence-electron chi connectivity index (χ1n) is 4.31. The van der Waals surface area contributed by atoms with Gasteiger partial charge in [-0.05, 0) is 17.7 Å². The predicted octanol–water partition coefficient (Wildman–Crippen LogP) is 1.16. The molecule has 0 aromatic carbocycles. The normalized spacial score (nSPS) is 15.1. The third-order valence-electron chi connectivity index (χ3n) is 2.03. The van der Waals surface area contributed by atoms with Crippen LogP contribution in [0.25, 0.3) is 0 Å². The molecule has 76 valence electrons. The van der Waals surface area contributed by atoms with Gasteiger partial charge < -0.3 is 0 Å². The van der Waals surface area contributed by atoms with Crippen LogP contribution in [0, 0.1) is 0 Å². The lowest BCUT2D eigenvalue weighted by Gasteiger charge is -2.13. The summed E-state index contributed by atoms with van der Waals surface area (Å²) in [5.41, 5.74) is 0.778. The van der Waals surface area contributed by atoms with E-state index in [0.717, 1.165) is 10.5 Å². The Kier molecular flexibility index (Phi) is 2.51. The average Bonchev–Trinajstić information content (AvgIpc) is 2.50. The Morgan fingerprint density at radius 3 is 2.53 bits per heavy atom. The van der Waals surface area contributed by atoms with Gasteiger partial charge in [0.2, 0.25) is 0 Å². The maximum Gasteiger partial charge on any atom is 0.253 e. The lowest BCUT2D eigenvalue weighted by molar-refractivity contribution is -0.137. The highest BCUT2D eigenvalue weighted by Crippen LogP contribution is 2.12. The van der Waals surface area contributed by atoms with E-state index in [1.54, 1.807) is 12.1 Å². The van der Waals surface area contributed by atoms with Crippen LogP contribution in [-0.2, 0) is 16.1 Å². The smallest absolute Gasteiger partial charge is 0.253 e. The molecule has 1 aliphatic rings. The van der Waals surface area contributed by atoms with Gasteiger partial charge >= 0.3 is 0 Å². The zero-order chi connectivity index (χ0) is 10.8. The SMILES string of the molecule is O=C1C=CC(=O)N1Cc1ccnc(Cl)c1. The molecule has 2 rings (SSSR count). The van der Waals surface area contributed by atoms with Crippen molar-refractivity contribution in [1.82, 2.24) is 9.88 Å². The Bertz CT molecular complexity index is 438. The highest BCUT2D eigenvalue weighted by atomic mass is 35.5. The van der Waals surface area contributed by atoms with Crippen LogP contribution in [0.15, 0.2) is 30.5 Å². The average molecular weight is 223 g/mol. The summed E-state index contributed by atoms with van der Waals surface area (Å²) in [6, 6.07) is 3.34. The predicted molar refractivity (Wildman–Crippen MR) is 53.9 cm³/mol. The molecular formula is C10H7ClN2O2. The Labute approximate surface area is 91.2 Å². The Morgan fingerprint density at radius 1 is 1.27 bits per heavy atom. The van der Waals surface area contributed by atoms with Gasteiger partial charge in [0, 0.05) is 18.3 Å². The van der Waals surface area contributed by atoms with E-state index in [-0.39, 0.29) is 18.4 Å². The van der Waals surface area contributed by atoms with Crippen LogP contribution < -0.4 is 0 Å². The number of hydrogen-bond acceptors (Lipinski definition) is 3. The van der Waals surface area contributed by atoms with E-state index < -0.39 is 0 Å². The number of carbonyl (C=O) groups excluding carboxylic acids is 2. The summed E-state index contributed by atoms with van der Waals surface area (Å²) in [5, 5.41) is 0.347. The summed E-state index contributed by atoms with van der Waals surface area (Å²) in [6.45, 7) is 0.229. The van der Waals surface area contributed by atoms with Gasteiger partial charge in [-0.15, -0.1) is 0 Å². The minimum atomic E-state index is -0.298. The lowest BCUT2D eigenvalue weighted by Crippen LogP contribution is -2.29. The molecule has 0 unspecified atom stereocenters. The molecule has 15 heavy (non-hydrogen) atoms. The molecule has 0 radical (unpaired) electrons. The van der Waals surface area contributed by atoms with Gasteiger partial charge in [0.1, 0.15) is 5.15 Å². The number of imide groups is 1. The van der Waals surface area contributed by atoms with Crippen LogP contribution in [0.4, 0.5) is 0 Å². The Morgan fingerprint density at radius 2 is 1.93 bits per heavy atom. The number of pyridine rings is 1. The fraction of sp³-hybridized carbons (Fsp3) is 0.100. The van der Waals surface area contributed by atoms with Crippen LogP contribution in [0.3, 0.4) is 0 Å². The fourth-order valence-electron chi connectivity index (χ4n) is 1.31. The number of carbonyl (C=O) groups is 2. The van der Waals surface area contributed by atoms with E-state index in [1.807, 2.05) is 0 Å². The standard InChI is InChI=1S/C10H7ClN2O2/c11-8-5-7(3-4-12-8)6-13-9(14)1-2-10(13)15/h1-5H,6H2. The first-order chi connectivity index (χ1) is 7.16. The molecule has 0 N–H and O–H groups in total. The summed E-state index contributed by atoms with van der Waals surface area (Å²) in [6.07, 6.45) is 4.05. The second kappa shape index (κ2) is 3.82. The van der Waals surface area contributed by atoms with Crippen LogP contribution in [0.5, 0.6) is 0 Å². The summed E-state index contributed by atoms with van der Waals surface area (Å²) in [4.78, 5) is 27.4. The van der Waals surface area contributed by atoms with E-state index in [0.29, 0.717) is 5.15 Å². The largest absolute Gasteiger partial charge is 0.271 e. The van der Waals surface area contributed by atoms with Crippen molar-refractivity contribution in [3.05, 3.63) is 41.2 Å². The topological polar surface area (TPSA) is 50.3 Å². The van der Waals surface area contributed by atoms with E-state index in [4.69, 9.17) is 11.6 Å². The maximum atomic E-state index is 11.2. The van der Waals surface area contributed by atoms with E-state index >= 15 is 0 Å². The molecule has 2 heterocycles. The van der Waals surface area contributed by atoms with E-state index in [1.165, 1.54) is 18.3 Å². The third-order valence-corrected chi connectivity index (χ3v) is 2.24. The summed E-state index contributed by atoms with van der Waals surface area (Å²) in [5.74, 6) is -0.596. The minimum absolute atomic E-state index is 0.229. The Balaban J connectivity index is 2.16. The van der Waals surface area contributed by atoms with Gasteiger partial charge in [-0.3, -0.25) is 14.5 Å². The number of halogens is 1. The molecule has 0 spiro atoms. The molecular weight excluding hydrogens is 216 g/mol. The zero-order valence-electron chi connectivity index (χ0n) is 7.68. The number of hydrogen-bond donors (Lipinski definition) is 0. The van der Waals surface area contributed by atoms with E-state index in [9.17, 15) is 9.59 Å². The monoisotopic (exact) mass is 222 g/mol. The van der Waals surface area contributed by atoms with Crippen molar-refractivity contribution < 1.29 is 9.59 Å². The summed E-state index contributed by atoms with van der Waals surface area (Å²) in [7, 11) is 0. The molecule has 0 saturated carbocycles. The Hall–Kier alpha value is -1.68. The molecule has 4 nitrogen and oxygen atoms in total. The quantitative estimate of drug-likeness (QED) is 0.557. The van der Waals surface area contributed by atoms with Crippen molar-refractivity contribution in [1.29, 1.82) is 0 Å². The lowest BCUT2D eigenvalue weighted by atomic mass is 10.2.